The van der Waals surface area contributed by atoms with Crippen molar-refractivity contribution in [3.8, 4) is 0 Å². The molecule has 0 aromatic heterocycles. The van der Waals surface area contributed by atoms with Gasteiger partial charge in [0.1, 0.15) is 0 Å². The Kier molecular flexibility index (Phi) is 4.46. The fraction of sp³-hybridized carbons (Fsp3) is 0.375. The predicted molar refractivity (Wildman–Crippen MR) is 76.8 cm³/mol. The number of hydrogen-bond donors (Lipinski definition) is 0. The maximum absolute atomic E-state index is 3.98. The molecule has 0 bridgehead atoms. The lowest BCUT2D eigenvalue weighted by Gasteiger charge is -2.27. The molecule has 0 N–H and O–H groups in total. The Morgan fingerprint density at radius 1 is 1.28 bits per heavy atom. The molecule has 2 heteroatoms. The number of rotatable bonds is 6. The Bertz CT molecular complexity index is 397. The smallest absolute Gasteiger partial charge is 0.0902 e. The molecule has 18 heavy (non-hydrogen) atoms. The highest BCUT2D eigenvalue weighted by Crippen LogP contribution is 2.25. The zero-order valence-electron chi connectivity index (χ0n) is 11.1. The highest BCUT2D eigenvalue weighted by molar-refractivity contribution is 5.23. The minimum Gasteiger partial charge on any atom is -0.359 e. The summed E-state index contributed by atoms with van der Waals surface area (Å²) in [6.45, 7) is 8.31. The van der Waals surface area contributed by atoms with Crippen LogP contribution in [0.2, 0.25) is 0 Å². The fourth-order valence-corrected chi connectivity index (χ4v) is 2.28. The quantitative estimate of drug-likeness (QED) is 0.701. The van der Waals surface area contributed by atoms with Gasteiger partial charge in [-0.25, -0.2) is 0 Å². The van der Waals surface area contributed by atoms with Crippen LogP contribution in [0.25, 0.3) is 0 Å². The molecule has 1 unspecified atom stereocenters. The van der Waals surface area contributed by atoms with Crippen molar-refractivity contribution in [2.45, 2.75) is 25.8 Å². The van der Waals surface area contributed by atoms with Gasteiger partial charge >= 0.3 is 0 Å². The van der Waals surface area contributed by atoms with Gasteiger partial charge in [0.05, 0.1) is 12.7 Å². The van der Waals surface area contributed by atoms with Gasteiger partial charge in [0.2, 0.25) is 0 Å². The summed E-state index contributed by atoms with van der Waals surface area (Å²) >= 11 is 0. The zero-order valence-corrected chi connectivity index (χ0v) is 11.1. The average Bonchev–Trinajstić information content (AvgIpc) is 2.87. The van der Waals surface area contributed by atoms with Gasteiger partial charge in [0.25, 0.3) is 0 Å². The molecule has 0 radical (unpaired) electrons. The molecule has 0 amide bonds. The van der Waals surface area contributed by atoms with E-state index < -0.39 is 0 Å². The molecule has 1 atom stereocenters. The molecule has 1 aliphatic rings. The standard InChI is InChI=1S/C16H22N2/c1-3-5-11-17-12-13-18(14-17)16(4-2)15-9-7-6-8-10-15/h4,6-10,12-13,16H,2-3,5,11,14H2,1H3. The van der Waals surface area contributed by atoms with Crippen molar-refractivity contribution in [2.75, 3.05) is 13.2 Å². The largest absolute Gasteiger partial charge is 0.359 e. The van der Waals surface area contributed by atoms with Crippen LogP contribution in [0.4, 0.5) is 0 Å². The predicted octanol–water partition coefficient (Wildman–Crippen LogP) is 3.76. The van der Waals surface area contributed by atoms with Crippen LogP contribution in [-0.2, 0) is 0 Å². The molecule has 0 fully saturated rings. The summed E-state index contributed by atoms with van der Waals surface area (Å²) < 4.78 is 0. The number of nitrogens with zero attached hydrogens (tertiary/aromatic N) is 2. The van der Waals surface area contributed by atoms with E-state index in [4.69, 9.17) is 0 Å². The Balaban J connectivity index is 1.99. The molecule has 0 spiro atoms. The van der Waals surface area contributed by atoms with E-state index in [1.54, 1.807) is 0 Å². The van der Waals surface area contributed by atoms with E-state index in [2.05, 4.69) is 66.0 Å². The van der Waals surface area contributed by atoms with Crippen molar-refractivity contribution >= 4 is 0 Å². The van der Waals surface area contributed by atoms with Gasteiger partial charge in [-0.1, -0.05) is 49.8 Å². The van der Waals surface area contributed by atoms with Gasteiger partial charge in [-0.2, -0.15) is 0 Å². The summed E-state index contributed by atoms with van der Waals surface area (Å²) in [4.78, 5) is 4.70. The molecule has 1 heterocycles. The maximum atomic E-state index is 3.98. The third kappa shape index (κ3) is 2.95. The highest BCUT2D eigenvalue weighted by Gasteiger charge is 2.19. The second-order valence-corrected chi connectivity index (χ2v) is 4.71. The fourth-order valence-electron chi connectivity index (χ4n) is 2.28. The first-order valence-corrected chi connectivity index (χ1v) is 6.70. The molecular weight excluding hydrogens is 220 g/mol. The van der Waals surface area contributed by atoms with Gasteiger partial charge in [-0.05, 0) is 12.0 Å². The van der Waals surface area contributed by atoms with E-state index in [-0.39, 0.29) is 6.04 Å². The average molecular weight is 242 g/mol. The molecule has 96 valence electrons. The van der Waals surface area contributed by atoms with Crippen LogP contribution in [0, 0.1) is 0 Å². The van der Waals surface area contributed by atoms with Crippen molar-refractivity contribution in [3.63, 3.8) is 0 Å². The second-order valence-electron chi connectivity index (χ2n) is 4.71. The molecule has 2 nitrogen and oxygen atoms in total. The van der Waals surface area contributed by atoms with E-state index in [1.165, 1.54) is 18.4 Å². The molecule has 1 aromatic rings. The van der Waals surface area contributed by atoms with Crippen molar-refractivity contribution < 1.29 is 0 Å². The first-order chi connectivity index (χ1) is 8.85. The molecule has 0 saturated heterocycles. The summed E-state index contributed by atoms with van der Waals surface area (Å²) in [5, 5.41) is 0. The summed E-state index contributed by atoms with van der Waals surface area (Å²) in [5.41, 5.74) is 1.30. The Morgan fingerprint density at radius 3 is 2.72 bits per heavy atom. The van der Waals surface area contributed by atoms with Crippen LogP contribution in [0.5, 0.6) is 0 Å². The molecule has 2 rings (SSSR count). The van der Waals surface area contributed by atoms with Gasteiger partial charge in [0, 0.05) is 18.9 Å². The minimum atomic E-state index is 0.272. The van der Waals surface area contributed by atoms with E-state index >= 15 is 0 Å². The van der Waals surface area contributed by atoms with Gasteiger partial charge < -0.3 is 9.80 Å². The van der Waals surface area contributed by atoms with Crippen molar-refractivity contribution in [1.29, 1.82) is 0 Å². The first-order valence-electron chi connectivity index (χ1n) is 6.70. The minimum absolute atomic E-state index is 0.272. The lowest BCUT2D eigenvalue weighted by atomic mass is 10.1. The van der Waals surface area contributed by atoms with E-state index in [0.717, 1.165) is 13.2 Å². The van der Waals surface area contributed by atoms with Crippen LogP contribution >= 0.6 is 0 Å². The topological polar surface area (TPSA) is 6.48 Å². The number of unbranched alkanes of at least 4 members (excludes halogenated alkanes) is 1. The Labute approximate surface area is 110 Å². The highest BCUT2D eigenvalue weighted by atomic mass is 15.3. The number of hydrogen-bond acceptors (Lipinski definition) is 2. The van der Waals surface area contributed by atoms with Crippen LogP contribution < -0.4 is 0 Å². The van der Waals surface area contributed by atoms with Crippen LogP contribution in [-0.4, -0.2) is 23.0 Å². The SMILES string of the molecule is C=CC(c1ccccc1)N1C=CN(CCCC)C1. The van der Waals surface area contributed by atoms with Crippen molar-refractivity contribution in [2.24, 2.45) is 0 Å². The lowest BCUT2D eigenvalue weighted by Crippen LogP contribution is -2.28. The molecule has 0 aliphatic carbocycles. The normalized spacial score (nSPS) is 16.1. The Hall–Kier alpha value is -1.70. The number of benzene rings is 1. The van der Waals surface area contributed by atoms with Crippen LogP contribution in [0.1, 0.15) is 31.4 Å². The summed E-state index contributed by atoms with van der Waals surface area (Å²) in [7, 11) is 0. The van der Waals surface area contributed by atoms with E-state index in [1.807, 2.05) is 6.08 Å². The van der Waals surface area contributed by atoms with Gasteiger partial charge in [-0.3, -0.25) is 0 Å². The monoisotopic (exact) mass is 242 g/mol. The van der Waals surface area contributed by atoms with Gasteiger partial charge in [0.15, 0.2) is 0 Å². The van der Waals surface area contributed by atoms with E-state index in [9.17, 15) is 0 Å². The second kappa shape index (κ2) is 6.29. The third-order valence-corrected chi connectivity index (χ3v) is 3.33. The summed E-state index contributed by atoms with van der Waals surface area (Å²) in [6.07, 6.45) is 8.88. The van der Waals surface area contributed by atoms with E-state index in [0.29, 0.717) is 0 Å². The summed E-state index contributed by atoms with van der Waals surface area (Å²) in [6, 6.07) is 10.8. The summed E-state index contributed by atoms with van der Waals surface area (Å²) in [5.74, 6) is 0. The maximum Gasteiger partial charge on any atom is 0.0902 e. The molecule has 1 aromatic carbocycles. The Morgan fingerprint density at radius 2 is 2.06 bits per heavy atom. The van der Waals surface area contributed by atoms with Crippen molar-refractivity contribution in [3.05, 3.63) is 61.0 Å². The van der Waals surface area contributed by atoms with Gasteiger partial charge in [-0.15, -0.1) is 6.58 Å². The van der Waals surface area contributed by atoms with Crippen LogP contribution in [0.3, 0.4) is 0 Å². The molecule has 1 aliphatic heterocycles. The first kappa shape index (κ1) is 12.7. The zero-order chi connectivity index (χ0) is 12.8. The third-order valence-electron chi connectivity index (χ3n) is 3.33. The molecular formula is C16H22N2. The lowest BCUT2D eigenvalue weighted by molar-refractivity contribution is 0.235. The van der Waals surface area contributed by atoms with Crippen LogP contribution in [0.15, 0.2) is 55.4 Å². The van der Waals surface area contributed by atoms with Crippen molar-refractivity contribution in [1.82, 2.24) is 9.80 Å². The molecule has 0 saturated carbocycles.